The largest absolute Gasteiger partial charge is 0.466 e. The van der Waals surface area contributed by atoms with Crippen LogP contribution < -0.4 is 5.32 Å². The molecule has 0 aromatic heterocycles. The van der Waals surface area contributed by atoms with Crippen molar-refractivity contribution < 1.29 is 14.6 Å². The molecule has 17 heavy (non-hydrogen) atoms. The number of rotatable bonds is 9. The van der Waals surface area contributed by atoms with Crippen LogP contribution in [0.2, 0.25) is 0 Å². The summed E-state index contributed by atoms with van der Waals surface area (Å²) in [5.41, 5.74) is 0.0150. The Morgan fingerprint density at radius 3 is 2.65 bits per heavy atom. The van der Waals surface area contributed by atoms with Crippen LogP contribution in [0, 0.1) is 0 Å². The minimum atomic E-state index is -0.0914. The van der Waals surface area contributed by atoms with Crippen LogP contribution >= 0.6 is 0 Å². The van der Waals surface area contributed by atoms with Crippen molar-refractivity contribution >= 4 is 5.97 Å². The lowest BCUT2D eigenvalue weighted by atomic mass is 9.77. The second-order valence-corrected chi connectivity index (χ2v) is 4.83. The SMILES string of the molecule is CCOC(=O)CCCCCNC1(CO)CCC1. The number of nitrogens with one attached hydrogen (secondary N) is 1. The number of hydrogen-bond acceptors (Lipinski definition) is 4. The third-order valence-corrected chi connectivity index (χ3v) is 3.48. The summed E-state index contributed by atoms with van der Waals surface area (Å²) in [5, 5.41) is 12.7. The number of carbonyl (C=O) groups is 1. The third kappa shape index (κ3) is 5.04. The van der Waals surface area contributed by atoms with Crippen LogP contribution in [0.25, 0.3) is 0 Å². The third-order valence-electron chi connectivity index (χ3n) is 3.48. The van der Waals surface area contributed by atoms with Gasteiger partial charge in [0.05, 0.1) is 13.2 Å². The second-order valence-electron chi connectivity index (χ2n) is 4.83. The number of carbonyl (C=O) groups excluding carboxylic acids is 1. The molecule has 0 saturated heterocycles. The van der Waals surface area contributed by atoms with Gasteiger partial charge in [0.15, 0.2) is 0 Å². The summed E-state index contributed by atoms with van der Waals surface area (Å²) in [6.07, 6.45) is 6.91. The van der Waals surface area contributed by atoms with Crippen molar-refractivity contribution in [3.05, 3.63) is 0 Å². The van der Waals surface area contributed by atoms with Crippen LogP contribution in [0.3, 0.4) is 0 Å². The molecule has 1 saturated carbocycles. The summed E-state index contributed by atoms with van der Waals surface area (Å²) >= 11 is 0. The first-order valence-electron chi connectivity index (χ1n) is 6.74. The second kappa shape index (κ2) is 7.67. The Hall–Kier alpha value is -0.610. The zero-order chi connectivity index (χ0) is 12.6. The number of unbranched alkanes of at least 4 members (excludes halogenated alkanes) is 2. The molecule has 0 bridgehead atoms. The Labute approximate surface area is 104 Å². The van der Waals surface area contributed by atoms with Crippen molar-refractivity contribution in [3.63, 3.8) is 0 Å². The summed E-state index contributed by atoms with van der Waals surface area (Å²) in [5.74, 6) is -0.0914. The Bertz CT molecular complexity index is 221. The van der Waals surface area contributed by atoms with E-state index in [4.69, 9.17) is 4.74 Å². The summed E-state index contributed by atoms with van der Waals surface area (Å²) in [6, 6.07) is 0. The average molecular weight is 243 g/mol. The van der Waals surface area contributed by atoms with Crippen LogP contribution in [0.1, 0.15) is 51.9 Å². The number of aliphatic hydroxyl groups is 1. The Kier molecular flexibility index (Phi) is 6.52. The van der Waals surface area contributed by atoms with Crippen molar-refractivity contribution in [1.82, 2.24) is 5.32 Å². The molecule has 0 radical (unpaired) electrons. The molecule has 0 spiro atoms. The quantitative estimate of drug-likeness (QED) is 0.477. The van der Waals surface area contributed by atoms with E-state index < -0.39 is 0 Å². The van der Waals surface area contributed by atoms with E-state index in [1.165, 1.54) is 6.42 Å². The maximum Gasteiger partial charge on any atom is 0.305 e. The molecular weight excluding hydrogens is 218 g/mol. The molecule has 0 aromatic rings. The maximum atomic E-state index is 11.1. The highest BCUT2D eigenvalue weighted by atomic mass is 16.5. The number of esters is 1. The smallest absolute Gasteiger partial charge is 0.305 e. The fraction of sp³-hybridized carbons (Fsp3) is 0.923. The minimum absolute atomic E-state index is 0.0150. The van der Waals surface area contributed by atoms with Crippen LogP contribution in [-0.4, -0.2) is 36.4 Å². The molecule has 1 aliphatic rings. The lowest BCUT2D eigenvalue weighted by Crippen LogP contribution is -2.54. The highest BCUT2D eigenvalue weighted by molar-refractivity contribution is 5.69. The molecule has 4 heteroatoms. The predicted molar refractivity (Wildman–Crippen MR) is 66.8 cm³/mol. The first-order chi connectivity index (χ1) is 8.22. The topological polar surface area (TPSA) is 58.6 Å². The number of aliphatic hydroxyl groups excluding tert-OH is 1. The van der Waals surface area contributed by atoms with Gasteiger partial charge in [-0.25, -0.2) is 0 Å². The highest BCUT2D eigenvalue weighted by Crippen LogP contribution is 2.30. The van der Waals surface area contributed by atoms with Gasteiger partial charge in [-0.05, 0) is 45.6 Å². The van der Waals surface area contributed by atoms with Gasteiger partial charge in [-0.15, -0.1) is 0 Å². The predicted octanol–water partition coefficient (Wildman–Crippen LogP) is 1.61. The molecule has 2 N–H and O–H groups in total. The fourth-order valence-electron chi connectivity index (χ4n) is 2.15. The first kappa shape index (κ1) is 14.5. The van der Waals surface area contributed by atoms with Gasteiger partial charge < -0.3 is 15.2 Å². The van der Waals surface area contributed by atoms with Crippen molar-refractivity contribution in [2.75, 3.05) is 19.8 Å². The highest BCUT2D eigenvalue weighted by Gasteiger charge is 2.35. The standard InChI is InChI=1S/C13H25NO3/c1-2-17-12(16)7-4-3-5-10-14-13(11-15)8-6-9-13/h14-15H,2-11H2,1H3. The van der Waals surface area contributed by atoms with Gasteiger partial charge in [-0.2, -0.15) is 0 Å². The van der Waals surface area contributed by atoms with Gasteiger partial charge >= 0.3 is 5.97 Å². The molecule has 0 aliphatic heterocycles. The van der Waals surface area contributed by atoms with Crippen molar-refractivity contribution in [2.24, 2.45) is 0 Å². The fourth-order valence-corrected chi connectivity index (χ4v) is 2.15. The lowest BCUT2D eigenvalue weighted by molar-refractivity contribution is -0.143. The zero-order valence-corrected chi connectivity index (χ0v) is 10.8. The van der Waals surface area contributed by atoms with Crippen molar-refractivity contribution in [1.29, 1.82) is 0 Å². The van der Waals surface area contributed by atoms with Gasteiger partial charge in [-0.3, -0.25) is 4.79 Å². The zero-order valence-electron chi connectivity index (χ0n) is 10.8. The van der Waals surface area contributed by atoms with E-state index in [1.807, 2.05) is 6.92 Å². The molecule has 100 valence electrons. The van der Waals surface area contributed by atoms with Gasteiger partial charge in [-0.1, -0.05) is 6.42 Å². The summed E-state index contributed by atoms with van der Waals surface area (Å²) < 4.78 is 4.86. The van der Waals surface area contributed by atoms with Gasteiger partial charge in [0, 0.05) is 12.0 Å². The van der Waals surface area contributed by atoms with E-state index in [-0.39, 0.29) is 18.1 Å². The van der Waals surface area contributed by atoms with E-state index in [2.05, 4.69) is 5.32 Å². The van der Waals surface area contributed by atoms with Gasteiger partial charge in [0.25, 0.3) is 0 Å². The van der Waals surface area contributed by atoms with E-state index in [1.54, 1.807) is 0 Å². The monoisotopic (exact) mass is 243 g/mol. The Morgan fingerprint density at radius 2 is 2.12 bits per heavy atom. The van der Waals surface area contributed by atoms with E-state index in [9.17, 15) is 9.90 Å². The van der Waals surface area contributed by atoms with Crippen molar-refractivity contribution in [2.45, 2.75) is 57.4 Å². The minimum Gasteiger partial charge on any atom is -0.466 e. The molecule has 0 atom stereocenters. The Balaban J connectivity index is 1.92. The van der Waals surface area contributed by atoms with Crippen LogP contribution in [0.5, 0.6) is 0 Å². The molecular formula is C13H25NO3. The van der Waals surface area contributed by atoms with Crippen LogP contribution in [0.4, 0.5) is 0 Å². The normalized spacial score (nSPS) is 17.5. The average Bonchev–Trinajstić information content (AvgIpc) is 2.26. The van der Waals surface area contributed by atoms with Crippen LogP contribution in [-0.2, 0) is 9.53 Å². The molecule has 4 nitrogen and oxygen atoms in total. The molecule has 0 aromatic carbocycles. The van der Waals surface area contributed by atoms with E-state index in [0.717, 1.165) is 38.6 Å². The molecule has 0 unspecified atom stereocenters. The van der Waals surface area contributed by atoms with Gasteiger partial charge in [0.1, 0.15) is 0 Å². The molecule has 0 amide bonds. The molecule has 1 fully saturated rings. The summed E-state index contributed by atoms with van der Waals surface area (Å²) in [4.78, 5) is 11.1. The summed E-state index contributed by atoms with van der Waals surface area (Å²) in [6.45, 7) is 3.48. The molecule has 0 heterocycles. The molecule has 1 aliphatic carbocycles. The maximum absolute atomic E-state index is 11.1. The lowest BCUT2D eigenvalue weighted by Gasteiger charge is -2.41. The number of ether oxygens (including phenoxy) is 1. The number of hydrogen-bond donors (Lipinski definition) is 2. The first-order valence-corrected chi connectivity index (χ1v) is 6.74. The molecule has 1 rings (SSSR count). The van der Waals surface area contributed by atoms with E-state index >= 15 is 0 Å². The van der Waals surface area contributed by atoms with Crippen LogP contribution in [0.15, 0.2) is 0 Å². The van der Waals surface area contributed by atoms with Crippen molar-refractivity contribution in [3.8, 4) is 0 Å². The van der Waals surface area contributed by atoms with E-state index in [0.29, 0.717) is 13.0 Å². The Morgan fingerprint density at radius 1 is 1.35 bits per heavy atom. The summed E-state index contributed by atoms with van der Waals surface area (Å²) in [7, 11) is 0. The van der Waals surface area contributed by atoms with Gasteiger partial charge in [0.2, 0.25) is 0 Å².